The summed E-state index contributed by atoms with van der Waals surface area (Å²) in [6.45, 7) is 1.48. The molecule has 0 aromatic heterocycles. The van der Waals surface area contributed by atoms with E-state index in [-0.39, 0.29) is 6.42 Å². The molecule has 0 unspecified atom stereocenters. The number of hydrogen-bond donors (Lipinski definition) is 3. The van der Waals surface area contributed by atoms with Gasteiger partial charge in [-0.25, -0.2) is 0 Å². The first-order valence-electron chi connectivity index (χ1n) is 2.19. The zero-order valence-corrected chi connectivity index (χ0v) is 5.35. The summed E-state index contributed by atoms with van der Waals surface area (Å²) in [6, 6.07) is 0. The Morgan fingerprint density at radius 3 is 2.12 bits per heavy atom. The largest absolute Gasteiger partial charge is 0.359 e. The summed E-state index contributed by atoms with van der Waals surface area (Å²) < 4.78 is 0. The van der Waals surface area contributed by atoms with Crippen LogP contribution in [0.2, 0.25) is 0 Å². The van der Waals surface area contributed by atoms with Crippen LogP contribution in [0.25, 0.3) is 0 Å². The molecule has 8 heavy (non-hydrogen) atoms. The lowest BCUT2D eigenvalue weighted by atomic mass is 10.2. The van der Waals surface area contributed by atoms with Crippen LogP contribution < -0.4 is 0 Å². The molecule has 0 fully saturated rings. The third-order valence-corrected chi connectivity index (χ3v) is 1.19. The van der Waals surface area contributed by atoms with Crippen molar-refractivity contribution < 1.29 is 15.0 Å². The van der Waals surface area contributed by atoms with Crippen LogP contribution in [0, 0.1) is 0 Å². The van der Waals surface area contributed by atoms with E-state index in [0.29, 0.717) is 0 Å². The lowest BCUT2D eigenvalue weighted by Gasteiger charge is -2.13. The fourth-order valence-electron chi connectivity index (χ4n) is 0.151. The van der Waals surface area contributed by atoms with Gasteiger partial charge in [0.25, 0.3) is 0 Å². The topological polar surface area (TPSA) is 57.5 Å². The van der Waals surface area contributed by atoms with Crippen molar-refractivity contribution in [1.82, 2.24) is 0 Å². The second kappa shape index (κ2) is 2.48. The fraction of sp³-hybridized carbons (Fsp3) is 0.750. The molecule has 0 bridgehead atoms. The lowest BCUT2D eigenvalue weighted by Crippen LogP contribution is -2.33. The van der Waals surface area contributed by atoms with E-state index in [4.69, 9.17) is 10.2 Å². The van der Waals surface area contributed by atoms with Crippen molar-refractivity contribution in [3.05, 3.63) is 0 Å². The first-order chi connectivity index (χ1) is 3.50. The Balaban J connectivity index is 3.91. The monoisotopic (exact) mass is 136 g/mol. The third-order valence-electron chi connectivity index (χ3n) is 0.836. The maximum atomic E-state index is 10.1. The van der Waals surface area contributed by atoms with E-state index in [0.717, 1.165) is 0 Å². The number of thiol groups is 1. The second-order valence-electron chi connectivity index (χ2n) is 1.48. The Morgan fingerprint density at radius 2 is 2.12 bits per heavy atom. The first kappa shape index (κ1) is 7.94. The minimum absolute atomic E-state index is 0.0324. The standard InChI is InChI=1S/C4H8O3S/c1-2-4(6,7)3(5)8/h6-7H,2H2,1H3,(H,5,8). The lowest BCUT2D eigenvalue weighted by molar-refractivity contribution is -0.173. The summed E-state index contributed by atoms with van der Waals surface area (Å²) >= 11 is 3.22. The van der Waals surface area contributed by atoms with Crippen LogP contribution in [-0.4, -0.2) is 21.1 Å². The van der Waals surface area contributed by atoms with E-state index in [1.165, 1.54) is 6.92 Å². The van der Waals surface area contributed by atoms with Crippen LogP contribution in [0.1, 0.15) is 13.3 Å². The smallest absolute Gasteiger partial charge is 0.244 e. The molecule has 2 N–H and O–H groups in total. The number of carbonyl (C=O) groups excluding carboxylic acids is 1. The summed E-state index contributed by atoms with van der Waals surface area (Å²) in [4.78, 5) is 10.1. The zero-order chi connectivity index (χ0) is 6.78. The molecule has 0 aliphatic rings. The second-order valence-corrected chi connectivity index (χ2v) is 1.88. The minimum Gasteiger partial charge on any atom is -0.359 e. The third kappa shape index (κ3) is 1.81. The maximum Gasteiger partial charge on any atom is 0.244 e. The van der Waals surface area contributed by atoms with E-state index >= 15 is 0 Å². The highest BCUT2D eigenvalue weighted by Gasteiger charge is 2.26. The Labute approximate surface area is 52.7 Å². The van der Waals surface area contributed by atoms with Crippen LogP contribution in [0.5, 0.6) is 0 Å². The molecule has 0 aromatic carbocycles. The van der Waals surface area contributed by atoms with Crippen molar-refractivity contribution in [3.63, 3.8) is 0 Å². The van der Waals surface area contributed by atoms with Gasteiger partial charge in [-0.15, -0.1) is 0 Å². The van der Waals surface area contributed by atoms with Gasteiger partial charge in [0.15, 0.2) is 0 Å². The summed E-state index contributed by atoms with van der Waals surface area (Å²) in [5.41, 5.74) is 0. The van der Waals surface area contributed by atoms with Crippen LogP contribution in [0.15, 0.2) is 0 Å². The fourth-order valence-corrected chi connectivity index (χ4v) is 0.309. The molecule has 0 amide bonds. The Kier molecular flexibility index (Phi) is 2.46. The van der Waals surface area contributed by atoms with Crippen LogP contribution in [0.4, 0.5) is 0 Å². The molecule has 0 radical (unpaired) electrons. The first-order valence-corrected chi connectivity index (χ1v) is 2.63. The van der Waals surface area contributed by atoms with Gasteiger partial charge in [0, 0.05) is 6.42 Å². The maximum absolute atomic E-state index is 10.1. The van der Waals surface area contributed by atoms with Gasteiger partial charge >= 0.3 is 0 Å². The molecule has 4 heteroatoms. The zero-order valence-electron chi connectivity index (χ0n) is 4.46. The van der Waals surface area contributed by atoms with E-state index in [9.17, 15) is 4.79 Å². The van der Waals surface area contributed by atoms with Gasteiger partial charge in [-0.3, -0.25) is 4.79 Å². The van der Waals surface area contributed by atoms with Gasteiger partial charge in [-0.1, -0.05) is 19.6 Å². The summed E-state index contributed by atoms with van der Waals surface area (Å²) in [7, 11) is 0. The molecule has 0 saturated heterocycles. The highest BCUT2D eigenvalue weighted by Crippen LogP contribution is 2.07. The van der Waals surface area contributed by atoms with Gasteiger partial charge in [0.05, 0.1) is 0 Å². The van der Waals surface area contributed by atoms with E-state index < -0.39 is 10.9 Å². The van der Waals surface area contributed by atoms with Gasteiger partial charge < -0.3 is 10.2 Å². The quantitative estimate of drug-likeness (QED) is 0.355. The predicted molar refractivity (Wildman–Crippen MR) is 31.5 cm³/mol. The van der Waals surface area contributed by atoms with Crippen LogP contribution >= 0.6 is 12.6 Å². The Morgan fingerprint density at radius 1 is 1.75 bits per heavy atom. The number of aliphatic hydroxyl groups is 2. The van der Waals surface area contributed by atoms with Crippen LogP contribution in [0.3, 0.4) is 0 Å². The molecule has 0 heterocycles. The molecule has 0 atom stereocenters. The molecular formula is C4H8O3S. The minimum atomic E-state index is -2.23. The average molecular weight is 136 g/mol. The van der Waals surface area contributed by atoms with E-state index in [2.05, 4.69) is 12.6 Å². The average Bonchev–Trinajstić information content (AvgIpc) is 1.67. The molecule has 0 aromatic rings. The number of carbonyl (C=O) groups is 1. The molecule has 0 saturated carbocycles. The predicted octanol–water partition coefficient (Wildman–Crippen LogP) is -0.466. The van der Waals surface area contributed by atoms with E-state index in [1.54, 1.807) is 0 Å². The van der Waals surface area contributed by atoms with Crippen molar-refractivity contribution in [1.29, 1.82) is 0 Å². The summed E-state index contributed by atoms with van der Waals surface area (Å²) in [5, 5.41) is 16.1. The van der Waals surface area contributed by atoms with Crippen molar-refractivity contribution in [3.8, 4) is 0 Å². The Hall–Kier alpha value is -0.0600. The van der Waals surface area contributed by atoms with Gasteiger partial charge in [-0.05, 0) is 0 Å². The highest BCUT2D eigenvalue weighted by molar-refractivity contribution is 7.96. The molecule has 0 aliphatic heterocycles. The normalized spacial score (nSPS) is 11.5. The van der Waals surface area contributed by atoms with Crippen molar-refractivity contribution in [2.24, 2.45) is 0 Å². The molecule has 0 rings (SSSR count). The van der Waals surface area contributed by atoms with Gasteiger partial charge in [-0.2, -0.15) is 0 Å². The SMILES string of the molecule is CCC(O)(O)C(=O)S. The molecule has 48 valence electrons. The van der Waals surface area contributed by atoms with E-state index in [1.807, 2.05) is 0 Å². The molecule has 3 nitrogen and oxygen atoms in total. The van der Waals surface area contributed by atoms with Crippen LogP contribution in [-0.2, 0) is 4.79 Å². The summed E-state index contributed by atoms with van der Waals surface area (Å²) in [6.07, 6.45) is -0.0324. The number of hydrogen-bond acceptors (Lipinski definition) is 3. The van der Waals surface area contributed by atoms with Gasteiger partial charge in [0.2, 0.25) is 10.9 Å². The van der Waals surface area contributed by atoms with Gasteiger partial charge in [0.1, 0.15) is 0 Å². The molecule has 0 aliphatic carbocycles. The summed E-state index contributed by atoms with van der Waals surface area (Å²) in [5.74, 6) is -2.23. The molecule has 0 spiro atoms. The Bertz CT molecular complexity index is 99.5. The van der Waals surface area contributed by atoms with Crippen molar-refractivity contribution in [2.75, 3.05) is 0 Å². The molecular weight excluding hydrogens is 128 g/mol. The highest BCUT2D eigenvalue weighted by atomic mass is 32.1. The van der Waals surface area contributed by atoms with Crippen molar-refractivity contribution in [2.45, 2.75) is 19.1 Å². The number of rotatable bonds is 2. The van der Waals surface area contributed by atoms with Crippen molar-refractivity contribution >= 4 is 17.7 Å².